The third kappa shape index (κ3) is 6.37. The maximum Gasteiger partial charge on any atom is 0.0159 e. The topological polar surface area (TPSA) is 0 Å². The van der Waals surface area contributed by atoms with Crippen molar-refractivity contribution in [1.82, 2.24) is 0 Å². The molecule has 0 aromatic heterocycles. The van der Waals surface area contributed by atoms with Gasteiger partial charge in [0.2, 0.25) is 0 Å². The smallest absolute Gasteiger partial charge is 0.0159 e. The third-order valence-corrected chi connectivity index (χ3v) is 13.9. The summed E-state index contributed by atoms with van der Waals surface area (Å²) in [4.78, 5) is 0. The van der Waals surface area contributed by atoms with Gasteiger partial charge < -0.3 is 0 Å². The Bertz CT molecular complexity index is 3580. The fourth-order valence-electron chi connectivity index (χ4n) is 10.6. The molecule has 0 atom stereocenters. The maximum absolute atomic E-state index is 3.22. The molecule has 12 rings (SSSR count). The van der Waals surface area contributed by atoms with Crippen LogP contribution in [0.1, 0.15) is 51.3 Å². The monoisotopic (exact) mass is 844 g/mol. The Labute approximate surface area is 380 Å². The van der Waals surface area contributed by atoms with Crippen LogP contribution in [-0.4, -0.2) is 0 Å². The standard InChI is InChI=1S/C61H46.H2S2/c1-60(2,3)47-32-45-21-20-37-22-26-49(54-29-25-46(33-47)58(45)59(37)54)42-15-10-13-38(30-42)40-23-27-52-53-28-24-41(36-57(53)61(4,5)56(52)35-40)39-14-11-16-43(31-39)55-34-44-12-6-7-17-48(44)50-18-8-9-19-51(50)55;1-2/h6-36H,1-5H3;1-2H. The van der Waals surface area contributed by atoms with E-state index in [9.17, 15) is 0 Å². The summed E-state index contributed by atoms with van der Waals surface area (Å²) in [6, 6.07) is 71.2. The first kappa shape index (κ1) is 39.5. The number of thiol groups is 2. The van der Waals surface area contributed by atoms with E-state index in [1.54, 1.807) is 0 Å². The fraction of sp³-hybridized carbons (Fsp3) is 0.115. The van der Waals surface area contributed by atoms with Gasteiger partial charge in [-0.3, -0.25) is 0 Å². The molecule has 0 N–H and O–H groups in total. The molecule has 0 saturated carbocycles. The Balaban J connectivity index is 0.00000219. The molecule has 11 aromatic carbocycles. The van der Waals surface area contributed by atoms with Gasteiger partial charge in [-0.05, 0) is 162 Å². The molecule has 0 spiro atoms. The molecule has 11 aromatic rings. The van der Waals surface area contributed by atoms with E-state index < -0.39 is 0 Å². The highest BCUT2D eigenvalue weighted by atomic mass is 33.1. The molecule has 0 aliphatic heterocycles. The predicted molar refractivity (Wildman–Crippen MR) is 281 cm³/mol. The van der Waals surface area contributed by atoms with E-state index in [2.05, 4.69) is 246 Å². The minimum absolute atomic E-state index is 0.0942. The van der Waals surface area contributed by atoms with Crippen molar-refractivity contribution in [3.05, 3.63) is 205 Å². The highest BCUT2D eigenvalue weighted by Crippen LogP contribution is 2.51. The predicted octanol–water partition coefficient (Wildman–Crippen LogP) is 17.9. The molecule has 0 saturated heterocycles. The first-order valence-electron chi connectivity index (χ1n) is 21.9. The second-order valence-electron chi connectivity index (χ2n) is 18.9. The van der Waals surface area contributed by atoms with E-state index >= 15 is 0 Å². The summed E-state index contributed by atoms with van der Waals surface area (Å²) in [6.45, 7) is 11.7. The van der Waals surface area contributed by atoms with Crippen LogP contribution in [-0.2, 0) is 10.8 Å². The summed E-state index contributed by atoms with van der Waals surface area (Å²) in [6.07, 6.45) is 0. The summed E-state index contributed by atoms with van der Waals surface area (Å²) in [5.41, 5.74) is 16.8. The molecule has 0 radical (unpaired) electrons. The van der Waals surface area contributed by atoms with Gasteiger partial charge in [-0.25, -0.2) is 0 Å². The lowest BCUT2D eigenvalue weighted by Crippen LogP contribution is -2.15. The van der Waals surface area contributed by atoms with Crippen LogP contribution in [0.25, 0.3) is 109 Å². The zero-order valence-electron chi connectivity index (χ0n) is 36.3. The van der Waals surface area contributed by atoms with Crippen molar-refractivity contribution in [2.24, 2.45) is 0 Å². The van der Waals surface area contributed by atoms with Crippen LogP contribution in [0.4, 0.5) is 0 Å². The lowest BCUT2D eigenvalue weighted by molar-refractivity contribution is 0.591. The molecule has 63 heavy (non-hydrogen) atoms. The largest absolute Gasteiger partial charge is 0.115 e. The zero-order chi connectivity index (χ0) is 43.2. The van der Waals surface area contributed by atoms with Crippen molar-refractivity contribution >= 4 is 77.2 Å². The van der Waals surface area contributed by atoms with Gasteiger partial charge in [0.1, 0.15) is 0 Å². The molecule has 1 aliphatic rings. The van der Waals surface area contributed by atoms with Crippen LogP contribution >= 0.6 is 23.3 Å². The minimum atomic E-state index is -0.153. The highest BCUT2D eigenvalue weighted by molar-refractivity contribution is 8.59. The lowest BCUT2D eigenvalue weighted by Gasteiger charge is -2.23. The van der Waals surface area contributed by atoms with Crippen molar-refractivity contribution in [2.75, 3.05) is 0 Å². The Morgan fingerprint density at radius 1 is 0.333 bits per heavy atom. The molecule has 0 heterocycles. The number of rotatable bonds is 4. The van der Waals surface area contributed by atoms with E-state index in [0.29, 0.717) is 0 Å². The van der Waals surface area contributed by atoms with Crippen LogP contribution in [0, 0.1) is 0 Å². The summed E-state index contributed by atoms with van der Waals surface area (Å²) in [5.74, 6) is 0. The summed E-state index contributed by atoms with van der Waals surface area (Å²) in [5, 5.41) is 13.1. The van der Waals surface area contributed by atoms with Gasteiger partial charge in [-0.2, -0.15) is 0 Å². The Kier molecular flexibility index (Phi) is 9.35. The molecule has 0 nitrogen and oxygen atoms in total. The average Bonchev–Trinajstić information content (AvgIpc) is 3.55. The molecule has 0 fully saturated rings. The van der Waals surface area contributed by atoms with Crippen molar-refractivity contribution in [3.63, 3.8) is 0 Å². The minimum Gasteiger partial charge on any atom is -0.115 e. The zero-order valence-corrected chi connectivity index (χ0v) is 38.1. The van der Waals surface area contributed by atoms with Crippen LogP contribution < -0.4 is 0 Å². The number of hydrogen-bond acceptors (Lipinski definition) is 2. The van der Waals surface area contributed by atoms with Crippen molar-refractivity contribution < 1.29 is 0 Å². The molecule has 2 heteroatoms. The van der Waals surface area contributed by atoms with E-state index in [1.807, 2.05) is 0 Å². The molecular formula is C61H48S2. The van der Waals surface area contributed by atoms with Gasteiger partial charge in [-0.1, -0.05) is 192 Å². The van der Waals surface area contributed by atoms with Crippen LogP contribution in [0.5, 0.6) is 0 Å². The van der Waals surface area contributed by atoms with Crippen molar-refractivity contribution in [2.45, 2.75) is 45.4 Å². The van der Waals surface area contributed by atoms with E-state index in [1.165, 1.54) is 126 Å². The van der Waals surface area contributed by atoms with Gasteiger partial charge >= 0.3 is 0 Å². The second kappa shape index (κ2) is 14.9. The summed E-state index contributed by atoms with van der Waals surface area (Å²) >= 11 is 6.44. The van der Waals surface area contributed by atoms with Gasteiger partial charge in [0.15, 0.2) is 0 Å². The van der Waals surface area contributed by atoms with E-state index in [0.717, 1.165) is 0 Å². The van der Waals surface area contributed by atoms with Crippen LogP contribution in [0.3, 0.4) is 0 Å². The average molecular weight is 845 g/mol. The Morgan fingerprint density at radius 2 is 0.825 bits per heavy atom. The third-order valence-electron chi connectivity index (χ3n) is 13.9. The van der Waals surface area contributed by atoms with Crippen molar-refractivity contribution in [1.29, 1.82) is 0 Å². The van der Waals surface area contributed by atoms with Crippen molar-refractivity contribution in [3.8, 4) is 55.6 Å². The van der Waals surface area contributed by atoms with Gasteiger partial charge in [-0.15, -0.1) is 23.3 Å². The Hall–Kier alpha value is -6.32. The molecule has 0 unspecified atom stereocenters. The number of fused-ring (bicyclic) bond motifs is 6. The van der Waals surface area contributed by atoms with Gasteiger partial charge in [0, 0.05) is 5.41 Å². The summed E-state index contributed by atoms with van der Waals surface area (Å²) in [7, 11) is 0. The van der Waals surface area contributed by atoms with Crippen LogP contribution in [0.15, 0.2) is 188 Å². The first-order chi connectivity index (χ1) is 30.6. The lowest BCUT2D eigenvalue weighted by atomic mass is 9.80. The van der Waals surface area contributed by atoms with E-state index in [4.69, 9.17) is 0 Å². The van der Waals surface area contributed by atoms with Gasteiger partial charge in [0.05, 0.1) is 0 Å². The van der Waals surface area contributed by atoms with Crippen LogP contribution in [0.2, 0.25) is 0 Å². The molecule has 304 valence electrons. The highest BCUT2D eigenvalue weighted by Gasteiger charge is 2.36. The number of hydrogen-bond donors (Lipinski definition) is 2. The summed E-state index contributed by atoms with van der Waals surface area (Å²) < 4.78 is 0. The number of benzene rings is 11. The molecular weight excluding hydrogens is 797 g/mol. The first-order valence-corrected chi connectivity index (χ1v) is 23.5. The second-order valence-corrected chi connectivity index (χ2v) is 18.9. The fourth-order valence-corrected chi connectivity index (χ4v) is 10.6. The molecule has 0 amide bonds. The van der Waals surface area contributed by atoms with Gasteiger partial charge in [0.25, 0.3) is 0 Å². The molecule has 1 aliphatic carbocycles. The molecule has 0 bridgehead atoms. The quantitative estimate of drug-likeness (QED) is 0.0984. The maximum atomic E-state index is 3.22. The van der Waals surface area contributed by atoms with E-state index in [-0.39, 0.29) is 10.8 Å². The SMILES string of the molecule is CC(C)(C)c1cc2ccc3ccc(-c4cccc(-c5ccc6c(c5)C(C)(C)c5cc(-c7cccc(-c8cc9ccccc9c9ccccc89)c7)ccc5-6)c4)c4ccc(c1)c2c34.SS. The normalized spacial score (nSPS) is 13.1. The Morgan fingerprint density at radius 3 is 1.46 bits per heavy atom.